The van der Waals surface area contributed by atoms with Gasteiger partial charge >= 0.3 is 0 Å². The molecular weight excluding hydrogens is 348 g/mol. The van der Waals surface area contributed by atoms with Crippen molar-refractivity contribution in [1.82, 2.24) is 14.9 Å². The zero-order valence-corrected chi connectivity index (χ0v) is 15.2. The summed E-state index contributed by atoms with van der Waals surface area (Å²) < 4.78 is 2.10. The van der Waals surface area contributed by atoms with Crippen molar-refractivity contribution in [2.24, 2.45) is 0 Å². The molecule has 3 aromatic rings. The van der Waals surface area contributed by atoms with Crippen molar-refractivity contribution < 1.29 is 4.79 Å². The van der Waals surface area contributed by atoms with Crippen molar-refractivity contribution in [2.45, 2.75) is 31.7 Å². The summed E-state index contributed by atoms with van der Waals surface area (Å²) in [7, 11) is 1.59. The van der Waals surface area contributed by atoms with Crippen LogP contribution in [0.3, 0.4) is 0 Å². The molecule has 0 aliphatic heterocycles. The molecule has 1 fully saturated rings. The highest BCUT2D eigenvalue weighted by Crippen LogP contribution is 2.38. The Morgan fingerprint density at radius 1 is 1.42 bits per heavy atom. The first-order valence-corrected chi connectivity index (χ1v) is 9.49. The second-order valence-electron chi connectivity index (χ2n) is 6.53. The summed E-state index contributed by atoms with van der Waals surface area (Å²) >= 11 is 1.34. The molecule has 0 saturated heterocycles. The van der Waals surface area contributed by atoms with Crippen LogP contribution in [0.1, 0.15) is 47.0 Å². The molecule has 1 amide bonds. The number of thiophene rings is 1. The maximum absolute atomic E-state index is 12.6. The van der Waals surface area contributed by atoms with E-state index in [0.717, 1.165) is 36.8 Å². The first-order valence-electron chi connectivity index (χ1n) is 8.61. The van der Waals surface area contributed by atoms with E-state index in [-0.39, 0.29) is 11.5 Å². The van der Waals surface area contributed by atoms with Crippen LogP contribution >= 0.6 is 11.3 Å². The molecular formula is C19H18N4O2S. The summed E-state index contributed by atoms with van der Waals surface area (Å²) in [6.45, 7) is 0. The zero-order valence-electron chi connectivity index (χ0n) is 14.3. The van der Waals surface area contributed by atoms with E-state index in [1.807, 2.05) is 11.6 Å². The van der Waals surface area contributed by atoms with Crippen LogP contribution in [0.15, 0.2) is 28.6 Å². The predicted molar refractivity (Wildman–Crippen MR) is 101 cm³/mol. The highest BCUT2D eigenvalue weighted by Gasteiger charge is 2.24. The van der Waals surface area contributed by atoms with Gasteiger partial charge in [0.25, 0.3) is 11.5 Å². The summed E-state index contributed by atoms with van der Waals surface area (Å²) in [5.41, 5.74) is 2.57. The van der Waals surface area contributed by atoms with Gasteiger partial charge in [-0.1, -0.05) is 12.8 Å². The molecule has 0 aromatic carbocycles. The van der Waals surface area contributed by atoms with E-state index >= 15 is 0 Å². The van der Waals surface area contributed by atoms with E-state index < -0.39 is 0 Å². The van der Waals surface area contributed by atoms with Crippen LogP contribution in [0.25, 0.3) is 22.0 Å². The summed E-state index contributed by atoms with van der Waals surface area (Å²) in [5.74, 6) is -0.146. The van der Waals surface area contributed by atoms with E-state index in [9.17, 15) is 14.9 Å². The van der Waals surface area contributed by atoms with Gasteiger partial charge in [0.05, 0.1) is 21.3 Å². The minimum absolute atomic E-state index is 0.146. The predicted octanol–water partition coefficient (Wildman–Crippen LogP) is 3.40. The topological polar surface area (TPSA) is 90.7 Å². The number of fused-ring (bicyclic) bond motifs is 1. The maximum atomic E-state index is 12.6. The molecule has 2 N–H and O–H groups in total. The van der Waals surface area contributed by atoms with E-state index in [4.69, 9.17) is 0 Å². The number of hydrogen-bond acceptors (Lipinski definition) is 4. The fraction of sp³-hybridized carbons (Fsp3) is 0.316. The Hall–Kier alpha value is -2.85. The SMILES string of the molecule is CNC(=O)c1cc(-c2cn(C3CCCC3)c3c(C#N)c[nH]c(=O)c23)cs1. The van der Waals surface area contributed by atoms with Crippen molar-refractivity contribution in [3.63, 3.8) is 0 Å². The Kier molecular flexibility index (Phi) is 4.13. The Bertz CT molecular complexity index is 1090. The number of rotatable bonds is 3. The van der Waals surface area contributed by atoms with E-state index in [2.05, 4.69) is 20.9 Å². The van der Waals surface area contributed by atoms with Crippen LogP contribution in [0.2, 0.25) is 0 Å². The second kappa shape index (κ2) is 6.46. The van der Waals surface area contributed by atoms with E-state index in [1.165, 1.54) is 17.5 Å². The number of carbonyl (C=O) groups excluding carboxylic acids is 1. The number of nitrogens with zero attached hydrogens (tertiary/aromatic N) is 2. The van der Waals surface area contributed by atoms with Gasteiger partial charge in [-0.2, -0.15) is 5.26 Å². The molecule has 0 radical (unpaired) electrons. The van der Waals surface area contributed by atoms with Crippen molar-refractivity contribution >= 4 is 28.1 Å². The lowest BCUT2D eigenvalue weighted by molar-refractivity contribution is 0.0967. The number of nitrogens with one attached hydrogen (secondary N) is 2. The number of carbonyl (C=O) groups is 1. The molecule has 1 saturated carbocycles. The van der Waals surface area contributed by atoms with Crippen molar-refractivity contribution in [1.29, 1.82) is 5.26 Å². The first-order chi connectivity index (χ1) is 12.6. The molecule has 1 aliphatic rings. The maximum Gasteiger partial charge on any atom is 0.261 e. The molecule has 7 heteroatoms. The number of nitriles is 1. The lowest BCUT2D eigenvalue weighted by atomic mass is 10.1. The standard InChI is InChI=1S/C19H18N4O2S/c1-21-18(24)15-6-11(10-26-15)14-9-23(13-4-2-3-5-13)17-12(7-20)8-22-19(25)16(14)17/h6,8-10,13H,2-5H2,1H3,(H,21,24)(H,22,25). The fourth-order valence-electron chi connectivity index (χ4n) is 3.80. The lowest BCUT2D eigenvalue weighted by Crippen LogP contribution is -2.16. The molecule has 0 atom stereocenters. The third-order valence-electron chi connectivity index (χ3n) is 5.06. The van der Waals surface area contributed by atoms with Gasteiger partial charge in [-0.25, -0.2) is 0 Å². The minimum atomic E-state index is -0.210. The normalized spacial score (nSPS) is 14.6. The largest absolute Gasteiger partial charge is 0.354 e. The third kappa shape index (κ3) is 2.54. The molecule has 132 valence electrons. The van der Waals surface area contributed by atoms with Crippen LogP contribution in [0.5, 0.6) is 0 Å². The first kappa shape index (κ1) is 16.6. The number of pyridine rings is 1. The molecule has 4 rings (SSSR count). The molecule has 26 heavy (non-hydrogen) atoms. The van der Waals surface area contributed by atoms with Gasteiger partial charge in [0.15, 0.2) is 0 Å². The number of hydrogen-bond donors (Lipinski definition) is 2. The van der Waals surface area contributed by atoms with Gasteiger partial charge in [-0.15, -0.1) is 11.3 Å². The molecule has 3 aromatic heterocycles. The van der Waals surface area contributed by atoms with Crippen molar-refractivity contribution in [3.8, 4) is 17.2 Å². The smallest absolute Gasteiger partial charge is 0.261 e. The van der Waals surface area contributed by atoms with Crippen LogP contribution < -0.4 is 10.9 Å². The molecule has 1 aliphatic carbocycles. The number of aromatic amines is 1. The average molecular weight is 366 g/mol. The average Bonchev–Trinajstić information content (AvgIpc) is 3.39. The van der Waals surface area contributed by atoms with Crippen LogP contribution in [-0.4, -0.2) is 22.5 Å². The van der Waals surface area contributed by atoms with Crippen molar-refractivity contribution in [2.75, 3.05) is 7.05 Å². The number of amides is 1. The summed E-state index contributed by atoms with van der Waals surface area (Å²) in [6, 6.07) is 4.31. The quantitative estimate of drug-likeness (QED) is 0.744. The molecule has 0 bridgehead atoms. The minimum Gasteiger partial charge on any atom is -0.354 e. The Labute approximate surface area is 154 Å². The summed E-state index contributed by atoms with van der Waals surface area (Å²) in [5, 5.41) is 14.6. The van der Waals surface area contributed by atoms with Gasteiger partial charge in [0.1, 0.15) is 6.07 Å². The Morgan fingerprint density at radius 3 is 2.88 bits per heavy atom. The second-order valence-corrected chi connectivity index (χ2v) is 7.45. The number of aromatic nitrogens is 2. The highest BCUT2D eigenvalue weighted by atomic mass is 32.1. The highest BCUT2D eigenvalue weighted by molar-refractivity contribution is 7.12. The van der Waals surface area contributed by atoms with Gasteiger partial charge in [-0.3, -0.25) is 9.59 Å². The van der Waals surface area contributed by atoms with Gasteiger partial charge < -0.3 is 14.9 Å². The Morgan fingerprint density at radius 2 is 2.19 bits per heavy atom. The van der Waals surface area contributed by atoms with Gasteiger partial charge in [-0.05, 0) is 29.9 Å². The van der Waals surface area contributed by atoms with E-state index in [1.54, 1.807) is 13.1 Å². The Balaban J connectivity index is 1.98. The lowest BCUT2D eigenvalue weighted by Gasteiger charge is -2.13. The van der Waals surface area contributed by atoms with Crippen LogP contribution in [-0.2, 0) is 0 Å². The third-order valence-corrected chi connectivity index (χ3v) is 5.99. The van der Waals surface area contributed by atoms with Crippen LogP contribution in [0.4, 0.5) is 0 Å². The zero-order chi connectivity index (χ0) is 18.3. The summed E-state index contributed by atoms with van der Waals surface area (Å²) in [6.07, 6.45) is 7.88. The molecule has 0 spiro atoms. The molecule has 3 heterocycles. The van der Waals surface area contributed by atoms with Gasteiger partial charge in [0.2, 0.25) is 0 Å². The van der Waals surface area contributed by atoms with Crippen LogP contribution in [0, 0.1) is 11.3 Å². The molecule has 6 nitrogen and oxygen atoms in total. The van der Waals surface area contributed by atoms with Crippen molar-refractivity contribution in [3.05, 3.63) is 44.6 Å². The van der Waals surface area contributed by atoms with Gasteiger partial charge in [0, 0.05) is 31.0 Å². The summed E-state index contributed by atoms with van der Waals surface area (Å²) in [4.78, 5) is 27.8. The monoisotopic (exact) mass is 366 g/mol. The number of H-pyrrole nitrogens is 1. The molecule has 0 unspecified atom stereocenters. The fourth-order valence-corrected chi connectivity index (χ4v) is 4.65. The van der Waals surface area contributed by atoms with E-state index in [0.29, 0.717) is 27.4 Å².